The van der Waals surface area contributed by atoms with Crippen LogP contribution in [0, 0.1) is 142 Å². The fourth-order valence-corrected chi connectivity index (χ4v) is 7.53. The van der Waals surface area contributed by atoms with Gasteiger partial charge >= 0.3 is 0 Å². The van der Waals surface area contributed by atoms with Crippen molar-refractivity contribution in [3.63, 3.8) is 0 Å². The maximum Gasteiger partial charge on any atom is 0.0623 e. The highest BCUT2D eigenvalue weighted by Crippen LogP contribution is 2.08. The Morgan fingerprint density at radius 3 is 0.303 bits per heavy atom. The van der Waals surface area contributed by atoms with Crippen LogP contribution < -0.4 is 0 Å². The van der Waals surface area contributed by atoms with Crippen LogP contribution in [0.3, 0.4) is 0 Å². The summed E-state index contributed by atoms with van der Waals surface area (Å²) in [5.41, 5.74) is 10.9. The zero-order chi connectivity index (χ0) is 51.7. The smallest absolute Gasteiger partial charge is 0.0623 e. The predicted octanol–water partition coefficient (Wildman–Crippen LogP) is 7.65. The predicted molar refractivity (Wildman–Crippen MR) is 307 cm³/mol. The molecule has 0 aliphatic carbocycles. The van der Waals surface area contributed by atoms with Crippen molar-refractivity contribution in [2.24, 2.45) is 0 Å². The average molecular weight is 969 g/mol. The molecule has 356 valence electrons. The van der Waals surface area contributed by atoms with Crippen molar-refractivity contribution in [2.75, 3.05) is 78.5 Å². The first kappa shape index (κ1) is 50.8. The molecule has 22 rings (SSSR count). The maximum atomic E-state index is 3.37. The highest BCUT2D eigenvalue weighted by atomic mass is 15.1. The molecule has 16 heterocycles. The van der Waals surface area contributed by atoms with Crippen molar-refractivity contribution in [3.8, 4) is 142 Å². The van der Waals surface area contributed by atoms with Gasteiger partial charge in [0.1, 0.15) is 0 Å². The Balaban J connectivity index is 1.11. The van der Waals surface area contributed by atoms with E-state index in [0.717, 1.165) is 66.8 Å². The summed E-state index contributed by atoms with van der Waals surface area (Å²) in [7, 11) is 0. The molecule has 0 aromatic heterocycles. The summed E-state index contributed by atoms with van der Waals surface area (Å²) in [6.45, 7) is 5.85. The molecule has 4 heteroatoms. The monoisotopic (exact) mass is 968 g/mol. The SMILES string of the molecule is C1#Cc2ccc(cc2)C#CCN2CC#Cc3ccc(cc3)C#CCN3CC#Cc4ccc(cc4)C#CCN(C1)CC#Cc1ccc(cc1)C#CCN(CC#Cc1ccc(cc1)C#CC2)CC#Cc1ccc(cc1)C#CC3. The van der Waals surface area contributed by atoms with Crippen molar-refractivity contribution in [3.05, 3.63) is 212 Å². The second kappa shape index (κ2) is 27.6. The minimum atomic E-state index is 0.487. The number of rotatable bonds is 0. The Bertz CT molecular complexity index is 2930. The molecule has 0 radical (unpaired) electrons. The maximum absolute atomic E-state index is 3.37. The molecule has 0 unspecified atom stereocenters. The average Bonchev–Trinajstić information content (AvgIpc) is 3.44. The summed E-state index contributed by atoms with van der Waals surface area (Å²) >= 11 is 0. The van der Waals surface area contributed by atoms with Gasteiger partial charge in [0.2, 0.25) is 0 Å². The summed E-state index contributed by atoms with van der Waals surface area (Å²) < 4.78 is 0. The third kappa shape index (κ3) is 17.0. The number of nitrogens with zero attached hydrogens (tertiary/aromatic N) is 4. The third-order valence-electron chi connectivity index (χ3n) is 11.7. The van der Waals surface area contributed by atoms with Gasteiger partial charge in [-0.3, -0.25) is 19.6 Å². The molecule has 0 saturated heterocycles. The number of hydrogen-bond acceptors (Lipinski definition) is 4. The normalized spacial score (nSPS) is 17.4. The van der Waals surface area contributed by atoms with Crippen molar-refractivity contribution in [1.82, 2.24) is 19.6 Å². The van der Waals surface area contributed by atoms with E-state index in [0.29, 0.717) is 78.5 Å². The molecular formula is C72H48N4. The molecule has 0 fully saturated rings. The lowest BCUT2D eigenvalue weighted by Gasteiger charge is -2.12. The second-order valence-electron chi connectivity index (χ2n) is 17.7. The first-order valence-corrected chi connectivity index (χ1v) is 25.0. The molecule has 0 spiro atoms. The van der Waals surface area contributed by atoms with Gasteiger partial charge in [0, 0.05) is 66.8 Å². The molecular weight excluding hydrogens is 921 g/mol. The van der Waals surface area contributed by atoms with E-state index in [-0.39, 0.29) is 0 Å². The first-order chi connectivity index (χ1) is 37.6. The third-order valence-corrected chi connectivity index (χ3v) is 11.7. The molecule has 6 aromatic carbocycles. The molecule has 0 amide bonds. The van der Waals surface area contributed by atoms with Crippen molar-refractivity contribution < 1.29 is 0 Å². The Hall–Kier alpha value is -10.1. The van der Waals surface area contributed by atoms with E-state index >= 15 is 0 Å². The van der Waals surface area contributed by atoms with E-state index < -0.39 is 0 Å². The summed E-state index contributed by atoms with van der Waals surface area (Å²) in [4.78, 5) is 8.58. The van der Waals surface area contributed by atoms with Crippen LogP contribution in [0.25, 0.3) is 0 Å². The van der Waals surface area contributed by atoms with Gasteiger partial charge in [-0.25, -0.2) is 0 Å². The topological polar surface area (TPSA) is 13.0 Å². The highest BCUT2D eigenvalue weighted by Gasteiger charge is 2.04. The zero-order valence-electron chi connectivity index (χ0n) is 42.1. The van der Waals surface area contributed by atoms with Gasteiger partial charge < -0.3 is 0 Å². The van der Waals surface area contributed by atoms with E-state index in [1.54, 1.807) is 0 Å². The fourth-order valence-electron chi connectivity index (χ4n) is 7.53. The Labute approximate surface area is 450 Å². The van der Waals surface area contributed by atoms with Crippen LogP contribution in [0.5, 0.6) is 0 Å². The summed E-state index contributed by atoms with van der Waals surface area (Å²) in [6.07, 6.45) is 0. The van der Waals surface area contributed by atoms with E-state index in [4.69, 9.17) is 0 Å². The summed E-state index contributed by atoms with van der Waals surface area (Å²) in [6, 6.07) is 48.2. The van der Waals surface area contributed by atoms with Crippen LogP contribution >= 0.6 is 0 Å². The summed E-state index contributed by atoms with van der Waals surface area (Å²) in [5, 5.41) is 0. The Kier molecular flexibility index (Phi) is 18.5. The van der Waals surface area contributed by atoms with Crippen molar-refractivity contribution in [1.29, 1.82) is 0 Å². The van der Waals surface area contributed by atoms with Crippen LogP contribution in [0.1, 0.15) is 66.8 Å². The standard InChI is InChI=1S/C72H48N4/c1-13-61-25-27-62(28-26-61)16-4-52-74-53-7-19-67-37-41-69(42-38-67)21-9-57-75-55-5-17-65-33-29-63(30-34-65)14-2-50-73(49-1)51-3-15-64-31-35-66(36-32-64)18-6-56-76(58-10-22-70-43-39-68(40-44-70)20-8-54-74)60-12-24-72-47-45-71(46-48-72)23-11-59-75/h25-48H,49-60H2. The first-order valence-electron chi connectivity index (χ1n) is 25.0. The molecule has 4 nitrogen and oxygen atoms in total. The van der Waals surface area contributed by atoms with E-state index in [9.17, 15) is 0 Å². The van der Waals surface area contributed by atoms with Gasteiger partial charge in [0.05, 0.1) is 78.5 Å². The molecule has 6 aromatic rings. The van der Waals surface area contributed by atoms with E-state index in [2.05, 4.69) is 162 Å². The molecule has 0 N–H and O–H groups in total. The van der Waals surface area contributed by atoms with Gasteiger partial charge in [0.25, 0.3) is 0 Å². The van der Waals surface area contributed by atoms with Gasteiger partial charge in [-0.2, -0.15) is 0 Å². The molecule has 76 heavy (non-hydrogen) atoms. The minimum Gasteiger partial charge on any atom is -0.270 e. The van der Waals surface area contributed by atoms with Crippen LogP contribution in [-0.2, 0) is 0 Å². The lowest BCUT2D eigenvalue weighted by Crippen LogP contribution is -2.25. The summed E-state index contributed by atoms with van der Waals surface area (Å²) in [5.74, 6) is 80.5. The van der Waals surface area contributed by atoms with Gasteiger partial charge in [-0.1, -0.05) is 142 Å². The lowest BCUT2D eigenvalue weighted by molar-refractivity contribution is 0.390. The molecule has 16 aliphatic heterocycles. The molecule has 0 atom stereocenters. The lowest BCUT2D eigenvalue weighted by atomic mass is 10.1. The quantitative estimate of drug-likeness (QED) is 0.145. The van der Waals surface area contributed by atoms with Crippen LogP contribution in [0.4, 0.5) is 0 Å². The second-order valence-corrected chi connectivity index (χ2v) is 17.7. The van der Waals surface area contributed by atoms with Gasteiger partial charge in [0.15, 0.2) is 0 Å². The fraction of sp³-hybridized carbons (Fsp3) is 0.167. The highest BCUT2D eigenvalue weighted by molar-refractivity contribution is 5.48. The Morgan fingerprint density at radius 1 is 0.145 bits per heavy atom. The van der Waals surface area contributed by atoms with Crippen molar-refractivity contribution in [2.45, 2.75) is 0 Å². The van der Waals surface area contributed by atoms with Gasteiger partial charge in [-0.05, 0) is 146 Å². The van der Waals surface area contributed by atoms with Crippen molar-refractivity contribution >= 4 is 0 Å². The number of benzene rings is 6. The Morgan fingerprint density at radius 2 is 0.224 bits per heavy atom. The molecule has 16 bridgehead atoms. The number of hydrogen-bond donors (Lipinski definition) is 0. The van der Waals surface area contributed by atoms with Crippen LogP contribution in [0.15, 0.2) is 146 Å². The minimum absolute atomic E-state index is 0.487. The van der Waals surface area contributed by atoms with E-state index in [1.807, 2.05) is 146 Å². The van der Waals surface area contributed by atoms with Crippen LogP contribution in [0.2, 0.25) is 0 Å². The van der Waals surface area contributed by atoms with E-state index in [1.165, 1.54) is 0 Å². The van der Waals surface area contributed by atoms with Crippen LogP contribution in [-0.4, -0.2) is 98.1 Å². The largest absolute Gasteiger partial charge is 0.270 e. The van der Waals surface area contributed by atoms with Gasteiger partial charge in [-0.15, -0.1) is 0 Å². The molecule has 0 saturated carbocycles. The zero-order valence-corrected chi connectivity index (χ0v) is 42.1. The molecule has 16 aliphatic rings.